The fourth-order valence-electron chi connectivity index (χ4n) is 3.04. The molecule has 7 heteroatoms. The first-order chi connectivity index (χ1) is 12.0. The molecule has 0 bridgehead atoms. The molecule has 1 saturated heterocycles. The van der Waals surface area contributed by atoms with Crippen molar-refractivity contribution in [1.82, 2.24) is 9.78 Å². The maximum Gasteiger partial charge on any atom is 0.266 e. The van der Waals surface area contributed by atoms with Gasteiger partial charge in [0.1, 0.15) is 5.82 Å². The van der Waals surface area contributed by atoms with Crippen molar-refractivity contribution < 1.29 is 4.79 Å². The summed E-state index contributed by atoms with van der Waals surface area (Å²) in [5.41, 5.74) is 1.46. The number of carbonyl (C=O) groups excluding carboxylic acids is 1. The number of nitrogens with zero attached hydrogens (tertiary/aromatic N) is 3. The molecular formula is C18H21ClN4O2. The molecule has 1 aromatic heterocycles. The number of aromatic nitrogens is 2. The van der Waals surface area contributed by atoms with Crippen LogP contribution < -0.4 is 15.8 Å². The molecule has 1 amide bonds. The minimum Gasteiger partial charge on any atom is -0.354 e. The Labute approximate surface area is 151 Å². The second-order valence-electron chi connectivity index (χ2n) is 6.34. The predicted molar refractivity (Wildman–Crippen MR) is 99.2 cm³/mol. The Morgan fingerprint density at radius 1 is 1.32 bits per heavy atom. The van der Waals surface area contributed by atoms with Crippen LogP contribution in [0.5, 0.6) is 0 Å². The summed E-state index contributed by atoms with van der Waals surface area (Å²) in [7, 11) is 1.63. The number of aryl methyl sites for hydroxylation is 1. The zero-order valence-electron chi connectivity index (χ0n) is 14.3. The Morgan fingerprint density at radius 2 is 2.12 bits per heavy atom. The molecule has 6 nitrogen and oxygen atoms in total. The van der Waals surface area contributed by atoms with Gasteiger partial charge in [0.25, 0.3) is 5.56 Å². The van der Waals surface area contributed by atoms with Gasteiger partial charge in [0, 0.05) is 36.9 Å². The van der Waals surface area contributed by atoms with Gasteiger partial charge in [-0.25, -0.2) is 4.68 Å². The molecule has 2 heterocycles. The Bertz CT molecular complexity index is 849. The van der Waals surface area contributed by atoms with Crippen LogP contribution in [0.15, 0.2) is 35.1 Å². The summed E-state index contributed by atoms with van der Waals surface area (Å²) < 4.78 is 1.31. The summed E-state index contributed by atoms with van der Waals surface area (Å²) in [6.45, 7) is 3.29. The van der Waals surface area contributed by atoms with Gasteiger partial charge in [-0.1, -0.05) is 17.7 Å². The lowest BCUT2D eigenvalue weighted by Gasteiger charge is -2.32. The van der Waals surface area contributed by atoms with Crippen molar-refractivity contribution in [3.8, 4) is 0 Å². The highest BCUT2D eigenvalue weighted by atomic mass is 35.5. The van der Waals surface area contributed by atoms with E-state index in [1.807, 2.05) is 19.1 Å². The molecule has 1 atom stereocenters. The average molecular weight is 361 g/mol. The van der Waals surface area contributed by atoms with Gasteiger partial charge in [-0.2, -0.15) is 5.10 Å². The smallest absolute Gasteiger partial charge is 0.266 e. The van der Waals surface area contributed by atoms with Crippen LogP contribution in [0.25, 0.3) is 0 Å². The fourth-order valence-corrected chi connectivity index (χ4v) is 3.21. The van der Waals surface area contributed by atoms with Crippen molar-refractivity contribution in [3.63, 3.8) is 0 Å². The van der Waals surface area contributed by atoms with Gasteiger partial charge < -0.3 is 10.2 Å². The monoisotopic (exact) mass is 360 g/mol. The molecular weight excluding hydrogens is 340 g/mol. The highest BCUT2D eigenvalue weighted by Gasteiger charge is 2.27. The lowest BCUT2D eigenvalue weighted by atomic mass is 9.97. The summed E-state index contributed by atoms with van der Waals surface area (Å²) in [5, 5.41) is 7.90. The van der Waals surface area contributed by atoms with Crippen molar-refractivity contribution in [1.29, 1.82) is 0 Å². The van der Waals surface area contributed by atoms with Gasteiger partial charge in [-0.3, -0.25) is 9.59 Å². The lowest BCUT2D eigenvalue weighted by molar-refractivity contribution is -0.120. The number of anilines is 2. The van der Waals surface area contributed by atoms with Crippen LogP contribution in [0.2, 0.25) is 5.02 Å². The number of hydrogen-bond acceptors (Lipinski definition) is 4. The maximum absolute atomic E-state index is 12.7. The summed E-state index contributed by atoms with van der Waals surface area (Å²) in [4.78, 5) is 26.2. The Morgan fingerprint density at radius 3 is 2.88 bits per heavy atom. The lowest BCUT2D eigenvalue weighted by Crippen LogP contribution is -2.41. The van der Waals surface area contributed by atoms with Crippen LogP contribution >= 0.6 is 11.6 Å². The molecule has 0 saturated carbocycles. The van der Waals surface area contributed by atoms with E-state index in [4.69, 9.17) is 11.6 Å². The van der Waals surface area contributed by atoms with Crippen LogP contribution in [0.3, 0.4) is 0 Å². The van der Waals surface area contributed by atoms with Gasteiger partial charge in [-0.05, 0) is 43.5 Å². The van der Waals surface area contributed by atoms with Gasteiger partial charge in [0.2, 0.25) is 5.91 Å². The zero-order valence-corrected chi connectivity index (χ0v) is 15.1. The third-order valence-corrected chi connectivity index (χ3v) is 5.00. The Hall–Kier alpha value is -2.34. The quantitative estimate of drug-likeness (QED) is 0.913. The van der Waals surface area contributed by atoms with Crippen LogP contribution in [0, 0.1) is 12.8 Å². The highest BCUT2D eigenvalue weighted by molar-refractivity contribution is 6.31. The molecule has 1 N–H and O–H groups in total. The first kappa shape index (κ1) is 17.5. The number of hydrogen-bond donors (Lipinski definition) is 1. The number of nitrogens with one attached hydrogen (secondary N) is 1. The summed E-state index contributed by atoms with van der Waals surface area (Å²) >= 11 is 6.12. The third-order valence-electron chi connectivity index (χ3n) is 4.59. The van der Waals surface area contributed by atoms with E-state index in [2.05, 4.69) is 15.3 Å². The van der Waals surface area contributed by atoms with Crippen molar-refractivity contribution in [3.05, 3.63) is 51.3 Å². The molecule has 3 rings (SSSR count). The summed E-state index contributed by atoms with van der Waals surface area (Å²) in [5.74, 6) is 0.574. The molecule has 25 heavy (non-hydrogen) atoms. The second kappa shape index (κ2) is 7.27. The number of carbonyl (C=O) groups is 1. The van der Waals surface area contributed by atoms with Crippen LogP contribution in [0.4, 0.5) is 11.5 Å². The molecule has 0 unspecified atom stereocenters. The number of amides is 1. The van der Waals surface area contributed by atoms with E-state index in [-0.39, 0.29) is 17.4 Å². The SMILES string of the molecule is Cc1c(Cl)cccc1NC(=O)[C@H]1CCCN(c2ccc(=O)n(C)n2)C1. The number of halogens is 1. The maximum atomic E-state index is 12.7. The predicted octanol–water partition coefficient (Wildman–Crippen LogP) is 2.60. The third kappa shape index (κ3) is 3.85. The van der Waals surface area contributed by atoms with Crippen LogP contribution in [0.1, 0.15) is 18.4 Å². The van der Waals surface area contributed by atoms with Crippen molar-refractivity contribution in [2.24, 2.45) is 13.0 Å². The Balaban J connectivity index is 1.72. The largest absolute Gasteiger partial charge is 0.354 e. The number of rotatable bonds is 3. The van der Waals surface area contributed by atoms with E-state index in [0.717, 1.165) is 36.5 Å². The second-order valence-corrected chi connectivity index (χ2v) is 6.75. The van der Waals surface area contributed by atoms with Gasteiger partial charge in [-0.15, -0.1) is 0 Å². The first-order valence-corrected chi connectivity index (χ1v) is 8.69. The van der Waals surface area contributed by atoms with E-state index in [1.54, 1.807) is 19.2 Å². The van der Waals surface area contributed by atoms with Gasteiger partial charge >= 0.3 is 0 Å². The van der Waals surface area contributed by atoms with Crippen molar-refractivity contribution in [2.45, 2.75) is 19.8 Å². The molecule has 132 valence electrons. The summed E-state index contributed by atoms with van der Waals surface area (Å²) in [6, 6.07) is 8.70. The van der Waals surface area contributed by atoms with E-state index in [9.17, 15) is 9.59 Å². The van der Waals surface area contributed by atoms with Gasteiger partial charge in [0.15, 0.2) is 0 Å². The standard InChI is InChI=1S/C18H21ClN4O2/c1-12-14(19)6-3-7-15(12)20-18(25)13-5-4-10-23(11-13)16-8-9-17(24)22(2)21-16/h3,6-9,13H,4-5,10-11H2,1-2H3,(H,20,25)/t13-/m0/s1. The molecule has 1 aliphatic heterocycles. The van der Waals surface area contributed by atoms with E-state index < -0.39 is 0 Å². The molecule has 1 fully saturated rings. The van der Waals surface area contributed by atoms with E-state index >= 15 is 0 Å². The minimum absolute atomic E-state index is 0.0140. The molecule has 0 spiro atoms. The molecule has 1 aromatic carbocycles. The average Bonchev–Trinajstić information content (AvgIpc) is 2.61. The highest BCUT2D eigenvalue weighted by Crippen LogP contribution is 2.26. The zero-order chi connectivity index (χ0) is 18.0. The van der Waals surface area contributed by atoms with Crippen molar-refractivity contribution in [2.75, 3.05) is 23.3 Å². The van der Waals surface area contributed by atoms with Crippen LogP contribution in [-0.4, -0.2) is 28.8 Å². The molecule has 0 radical (unpaired) electrons. The molecule has 2 aromatic rings. The minimum atomic E-state index is -0.147. The van der Waals surface area contributed by atoms with E-state index in [1.165, 1.54) is 10.7 Å². The molecule has 1 aliphatic rings. The normalized spacial score (nSPS) is 17.4. The van der Waals surface area contributed by atoms with Gasteiger partial charge in [0.05, 0.1) is 5.92 Å². The summed E-state index contributed by atoms with van der Waals surface area (Å²) in [6.07, 6.45) is 1.73. The molecule has 0 aliphatic carbocycles. The number of piperidine rings is 1. The van der Waals surface area contributed by atoms with Crippen LogP contribution in [-0.2, 0) is 11.8 Å². The Kier molecular flexibility index (Phi) is 5.08. The van der Waals surface area contributed by atoms with E-state index in [0.29, 0.717) is 11.6 Å². The fraction of sp³-hybridized carbons (Fsp3) is 0.389. The van der Waals surface area contributed by atoms with Crippen molar-refractivity contribution >= 4 is 29.0 Å². The topological polar surface area (TPSA) is 67.2 Å². The number of benzene rings is 1. The first-order valence-electron chi connectivity index (χ1n) is 8.31.